The number of hydrogen-bond acceptors (Lipinski definition) is 5. The molecule has 1 rings (SSSR count). The molecule has 0 aliphatic rings. The van der Waals surface area contributed by atoms with Crippen LogP contribution < -0.4 is 15.2 Å². The molecule has 4 N–H and O–H groups in total. The van der Waals surface area contributed by atoms with Crippen molar-refractivity contribution in [3.63, 3.8) is 0 Å². The van der Waals surface area contributed by atoms with Crippen LogP contribution in [-0.4, -0.2) is 27.7 Å². The van der Waals surface area contributed by atoms with Crippen molar-refractivity contribution in [2.75, 3.05) is 17.9 Å². The fraction of sp³-hybridized carbons (Fsp3) is 0.250. The number of carbonyl (C=O) groups excluding carboxylic acids is 1. The zero-order valence-corrected chi connectivity index (χ0v) is 12.0. The van der Waals surface area contributed by atoms with Crippen LogP contribution >= 0.6 is 0 Å². The van der Waals surface area contributed by atoms with E-state index >= 15 is 0 Å². The summed E-state index contributed by atoms with van der Waals surface area (Å²) in [6.45, 7) is 1.62. The number of carbonyl (C=O) groups is 1. The van der Waals surface area contributed by atoms with Crippen molar-refractivity contribution < 1.29 is 22.3 Å². The predicted octanol–water partition coefficient (Wildman–Crippen LogP) is 0.539. The predicted molar refractivity (Wildman–Crippen MR) is 75.0 cm³/mol. The molecule has 0 heterocycles. The van der Waals surface area contributed by atoms with Crippen molar-refractivity contribution in [2.24, 2.45) is 5.73 Å². The van der Waals surface area contributed by atoms with Crippen molar-refractivity contribution >= 4 is 22.0 Å². The van der Waals surface area contributed by atoms with Crippen molar-refractivity contribution in [2.45, 2.75) is 6.92 Å². The maximum atomic E-state index is 13.6. The number of nitrogens with two attached hydrogens (primary N) is 1. The minimum absolute atomic E-state index is 0.0183. The van der Waals surface area contributed by atoms with E-state index in [4.69, 9.17) is 5.73 Å². The maximum Gasteiger partial charge on any atom is 0.422 e. The Balaban J connectivity index is 2.84. The molecular formula is C12H14FN3O4S. The second kappa shape index (κ2) is 7.47. The molecule has 0 saturated heterocycles. The van der Waals surface area contributed by atoms with Crippen LogP contribution in [0.2, 0.25) is 0 Å². The topological polar surface area (TPSA) is 111 Å². The lowest BCUT2D eigenvalue weighted by atomic mass is 10.2. The summed E-state index contributed by atoms with van der Waals surface area (Å²) in [5.74, 6) is 4.26. The maximum absolute atomic E-state index is 13.6. The summed E-state index contributed by atoms with van der Waals surface area (Å²) in [6, 6.07) is 3.53. The van der Waals surface area contributed by atoms with Gasteiger partial charge in [0.05, 0.1) is 24.4 Å². The van der Waals surface area contributed by atoms with E-state index in [9.17, 15) is 17.6 Å². The van der Waals surface area contributed by atoms with E-state index in [1.807, 2.05) is 4.72 Å². The summed E-state index contributed by atoms with van der Waals surface area (Å²) < 4.78 is 44.8. The highest BCUT2D eigenvalue weighted by Gasteiger charge is 2.15. The number of hydrogen-bond donors (Lipinski definition) is 3. The molecule has 9 heteroatoms. The highest BCUT2D eigenvalue weighted by molar-refractivity contribution is 7.91. The number of anilines is 1. The molecule has 0 saturated carbocycles. The van der Waals surface area contributed by atoms with E-state index in [2.05, 4.69) is 16.6 Å². The average Bonchev–Trinajstić information content (AvgIpc) is 2.36. The van der Waals surface area contributed by atoms with Crippen LogP contribution in [0.15, 0.2) is 18.2 Å². The minimum atomic E-state index is -4.20. The van der Waals surface area contributed by atoms with Crippen LogP contribution in [0.5, 0.6) is 0 Å². The third-order valence-corrected chi connectivity index (χ3v) is 2.98. The van der Waals surface area contributed by atoms with Crippen LogP contribution in [0.3, 0.4) is 0 Å². The van der Waals surface area contributed by atoms with Crippen LogP contribution in [0, 0.1) is 17.7 Å². The van der Waals surface area contributed by atoms with Crippen LogP contribution in [0.25, 0.3) is 0 Å². The summed E-state index contributed by atoms with van der Waals surface area (Å²) in [5.41, 5.74) is 5.19. The molecule has 0 unspecified atom stereocenters. The molecule has 0 aliphatic carbocycles. The van der Waals surface area contributed by atoms with Gasteiger partial charge in [-0.05, 0) is 25.1 Å². The number of ether oxygens (including phenoxy) is 1. The van der Waals surface area contributed by atoms with Crippen molar-refractivity contribution in [1.82, 2.24) is 4.72 Å². The number of halogens is 1. The molecular weight excluding hydrogens is 301 g/mol. The lowest BCUT2D eigenvalue weighted by Crippen LogP contribution is -2.35. The van der Waals surface area contributed by atoms with Gasteiger partial charge in [-0.15, -0.1) is 0 Å². The molecule has 1 aromatic rings. The standard InChI is InChI=1S/C12H14FN3O4S/c1-2-20-12(17)16-21(18,19)15-10-6-5-9(4-3-7-14)11(13)8-10/h5-6,8,15H,2,7,14H2,1H3,(H,16,17). The highest BCUT2D eigenvalue weighted by atomic mass is 32.2. The van der Waals surface area contributed by atoms with E-state index in [1.54, 1.807) is 4.72 Å². The van der Waals surface area contributed by atoms with Gasteiger partial charge in [-0.2, -0.15) is 8.42 Å². The second-order valence-electron chi connectivity index (χ2n) is 3.63. The Morgan fingerprint density at radius 3 is 2.76 bits per heavy atom. The third kappa shape index (κ3) is 5.68. The van der Waals surface area contributed by atoms with Crippen molar-refractivity contribution in [3.8, 4) is 11.8 Å². The first kappa shape index (κ1) is 16.7. The fourth-order valence-corrected chi connectivity index (χ4v) is 2.04. The number of amides is 1. The van der Waals surface area contributed by atoms with Crippen molar-refractivity contribution in [1.29, 1.82) is 0 Å². The highest BCUT2D eigenvalue weighted by Crippen LogP contribution is 2.14. The van der Waals surface area contributed by atoms with Crippen LogP contribution in [0.4, 0.5) is 14.9 Å². The minimum Gasteiger partial charge on any atom is -0.449 e. The Hall–Kier alpha value is -2.31. The van der Waals surface area contributed by atoms with Gasteiger partial charge >= 0.3 is 16.3 Å². The fourth-order valence-electron chi connectivity index (χ4n) is 1.28. The van der Waals surface area contributed by atoms with Crippen molar-refractivity contribution in [3.05, 3.63) is 29.6 Å². The van der Waals surface area contributed by atoms with Gasteiger partial charge in [0.25, 0.3) is 0 Å². The molecule has 1 aromatic carbocycles. The molecule has 0 spiro atoms. The molecule has 0 bridgehead atoms. The van der Waals surface area contributed by atoms with E-state index in [-0.39, 0.29) is 24.4 Å². The first-order valence-electron chi connectivity index (χ1n) is 5.83. The van der Waals surface area contributed by atoms with E-state index in [0.29, 0.717) is 0 Å². The quantitative estimate of drug-likeness (QED) is 0.702. The van der Waals surface area contributed by atoms with Gasteiger partial charge in [0.15, 0.2) is 0 Å². The zero-order chi connectivity index (χ0) is 15.9. The normalized spacial score (nSPS) is 10.2. The third-order valence-electron chi connectivity index (χ3n) is 2.04. The Labute approximate surface area is 121 Å². The molecule has 0 radical (unpaired) electrons. The number of rotatable bonds is 4. The molecule has 0 aliphatic heterocycles. The Bertz CT molecular complexity index is 679. The van der Waals surface area contributed by atoms with E-state index in [0.717, 1.165) is 6.07 Å². The number of benzene rings is 1. The Kier molecular flexibility index (Phi) is 5.95. The molecule has 0 fully saturated rings. The summed E-state index contributed by atoms with van der Waals surface area (Å²) >= 11 is 0. The first-order chi connectivity index (χ1) is 9.88. The smallest absolute Gasteiger partial charge is 0.422 e. The molecule has 7 nitrogen and oxygen atoms in total. The molecule has 21 heavy (non-hydrogen) atoms. The van der Waals surface area contributed by atoms with Crippen LogP contribution in [0.1, 0.15) is 12.5 Å². The zero-order valence-electron chi connectivity index (χ0n) is 11.1. The lowest BCUT2D eigenvalue weighted by molar-refractivity contribution is 0.159. The van der Waals surface area contributed by atoms with Gasteiger partial charge in [-0.25, -0.2) is 13.9 Å². The summed E-state index contributed by atoms with van der Waals surface area (Å²) in [7, 11) is -4.20. The first-order valence-corrected chi connectivity index (χ1v) is 7.32. The average molecular weight is 315 g/mol. The largest absolute Gasteiger partial charge is 0.449 e. The SMILES string of the molecule is CCOC(=O)NS(=O)(=O)Nc1ccc(C#CCN)c(F)c1. The van der Waals surface area contributed by atoms with Gasteiger partial charge in [-0.3, -0.25) is 4.72 Å². The van der Waals surface area contributed by atoms with E-state index < -0.39 is 22.1 Å². The lowest BCUT2D eigenvalue weighted by Gasteiger charge is -2.09. The monoisotopic (exact) mass is 315 g/mol. The Morgan fingerprint density at radius 1 is 1.48 bits per heavy atom. The van der Waals surface area contributed by atoms with Gasteiger partial charge in [0, 0.05) is 0 Å². The van der Waals surface area contributed by atoms with Gasteiger partial charge in [0.1, 0.15) is 5.82 Å². The van der Waals surface area contributed by atoms with E-state index in [1.165, 1.54) is 19.1 Å². The second-order valence-corrected chi connectivity index (χ2v) is 5.04. The Morgan fingerprint density at radius 2 is 2.19 bits per heavy atom. The van der Waals surface area contributed by atoms with Gasteiger partial charge in [-0.1, -0.05) is 11.8 Å². The van der Waals surface area contributed by atoms with Gasteiger partial charge < -0.3 is 10.5 Å². The molecule has 0 aromatic heterocycles. The summed E-state index contributed by atoms with van der Waals surface area (Å²) in [5, 5.41) is 0. The van der Waals surface area contributed by atoms with Gasteiger partial charge in [0.2, 0.25) is 0 Å². The summed E-state index contributed by atoms with van der Waals surface area (Å²) in [6.07, 6.45) is -1.13. The molecule has 1 amide bonds. The summed E-state index contributed by atoms with van der Waals surface area (Å²) in [4.78, 5) is 11.0. The van der Waals surface area contributed by atoms with Crippen LogP contribution in [-0.2, 0) is 14.9 Å². The molecule has 0 atom stereocenters. The molecule has 114 valence electrons. The number of nitrogens with one attached hydrogen (secondary N) is 2.